The number of ether oxygens (including phenoxy) is 4. The van der Waals surface area contributed by atoms with E-state index in [1.54, 1.807) is 36.4 Å². The zero-order valence-electron chi connectivity index (χ0n) is 14.4. The number of anilines is 1. The Labute approximate surface area is 158 Å². The Hall–Kier alpha value is -4.01. The quantitative estimate of drug-likeness (QED) is 0.690. The van der Waals surface area contributed by atoms with Crippen molar-refractivity contribution in [3.05, 3.63) is 48.0 Å². The Balaban J connectivity index is 1.26. The Morgan fingerprint density at radius 3 is 2.43 bits per heavy atom. The van der Waals surface area contributed by atoms with E-state index in [0.717, 1.165) is 5.56 Å². The summed E-state index contributed by atoms with van der Waals surface area (Å²) in [6, 6.07) is 10.7. The van der Waals surface area contributed by atoms with E-state index in [2.05, 4.69) is 15.5 Å². The van der Waals surface area contributed by atoms with Crippen molar-refractivity contribution in [2.75, 3.05) is 18.9 Å². The molecule has 2 aliphatic rings. The number of hydrogen-bond donors (Lipinski definition) is 1. The molecule has 5 rings (SSSR count). The first-order valence-electron chi connectivity index (χ1n) is 8.37. The summed E-state index contributed by atoms with van der Waals surface area (Å²) in [6.45, 7) is 0.380. The Morgan fingerprint density at radius 1 is 0.893 bits per heavy atom. The standard InChI is InChI=1S/C19H13N3O6/c23-17(6-2-11-1-4-13-15(7-11)26-9-24-13)20-19-22-21-18(28-19)12-3-5-14-16(8-12)27-10-25-14/h1-8H,9-10H2,(H,20,22,23)/b6-2+. The van der Waals surface area contributed by atoms with Crippen LogP contribution >= 0.6 is 0 Å². The highest BCUT2D eigenvalue weighted by molar-refractivity contribution is 6.00. The first-order valence-corrected chi connectivity index (χ1v) is 8.37. The van der Waals surface area contributed by atoms with Crippen LogP contribution in [0.15, 0.2) is 46.9 Å². The average molecular weight is 379 g/mol. The molecule has 3 aromatic rings. The van der Waals surface area contributed by atoms with Gasteiger partial charge in [-0.1, -0.05) is 11.2 Å². The fourth-order valence-electron chi connectivity index (χ4n) is 2.76. The third-order valence-corrected chi connectivity index (χ3v) is 4.10. The van der Waals surface area contributed by atoms with Gasteiger partial charge in [0.25, 0.3) is 5.91 Å². The fraction of sp³-hybridized carbons (Fsp3) is 0.105. The molecule has 0 atom stereocenters. The number of nitrogens with one attached hydrogen (secondary N) is 1. The van der Waals surface area contributed by atoms with Gasteiger partial charge in [0.1, 0.15) is 0 Å². The van der Waals surface area contributed by atoms with Gasteiger partial charge in [-0.3, -0.25) is 10.1 Å². The second kappa shape index (κ2) is 6.62. The van der Waals surface area contributed by atoms with Crippen LogP contribution in [0.3, 0.4) is 0 Å². The van der Waals surface area contributed by atoms with Crippen molar-refractivity contribution in [2.45, 2.75) is 0 Å². The van der Waals surface area contributed by atoms with Gasteiger partial charge in [-0.15, -0.1) is 5.10 Å². The van der Waals surface area contributed by atoms with Gasteiger partial charge in [0, 0.05) is 11.6 Å². The molecule has 1 amide bonds. The van der Waals surface area contributed by atoms with E-state index in [9.17, 15) is 4.79 Å². The number of rotatable bonds is 4. The predicted molar refractivity (Wildman–Crippen MR) is 96.1 cm³/mol. The second-order valence-corrected chi connectivity index (χ2v) is 5.92. The van der Waals surface area contributed by atoms with E-state index in [0.29, 0.717) is 28.6 Å². The van der Waals surface area contributed by atoms with Gasteiger partial charge in [0.05, 0.1) is 0 Å². The SMILES string of the molecule is O=C(/C=C/c1ccc2c(c1)OCO2)Nc1nnc(-c2ccc3c(c2)OCO3)o1. The molecule has 9 nitrogen and oxygen atoms in total. The summed E-state index contributed by atoms with van der Waals surface area (Å²) in [4.78, 5) is 12.1. The number of benzene rings is 2. The molecule has 0 aliphatic carbocycles. The molecular weight excluding hydrogens is 366 g/mol. The highest BCUT2D eigenvalue weighted by Crippen LogP contribution is 2.36. The first kappa shape index (κ1) is 16.2. The molecule has 0 spiro atoms. The molecule has 28 heavy (non-hydrogen) atoms. The maximum Gasteiger partial charge on any atom is 0.322 e. The minimum Gasteiger partial charge on any atom is -0.454 e. The van der Waals surface area contributed by atoms with Crippen molar-refractivity contribution in [3.8, 4) is 34.5 Å². The summed E-state index contributed by atoms with van der Waals surface area (Å²) in [6.07, 6.45) is 3.01. The number of carbonyl (C=O) groups excluding carboxylic acids is 1. The van der Waals surface area contributed by atoms with Gasteiger partial charge in [-0.05, 0) is 42.0 Å². The number of nitrogens with zero attached hydrogens (tertiary/aromatic N) is 2. The summed E-state index contributed by atoms with van der Waals surface area (Å²) < 4.78 is 26.6. The van der Waals surface area contributed by atoms with E-state index in [-0.39, 0.29) is 25.5 Å². The van der Waals surface area contributed by atoms with Crippen LogP contribution in [-0.4, -0.2) is 29.7 Å². The molecule has 0 saturated carbocycles. The van der Waals surface area contributed by atoms with Gasteiger partial charge >= 0.3 is 6.01 Å². The Morgan fingerprint density at radius 2 is 1.61 bits per heavy atom. The molecule has 2 aliphatic heterocycles. The number of fused-ring (bicyclic) bond motifs is 2. The van der Waals surface area contributed by atoms with Gasteiger partial charge in [-0.2, -0.15) is 0 Å². The summed E-state index contributed by atoms with van der Waals surface area (Å²) in [5.74, 6) is 2.45. The van der Waals surface area contributed by atoms with Crippen LogP contribution in [0.5, 0.6) is 23.0 Å². The lowest BCUT2D eigenvalue weighted by atomic mass is 10.2. The lowest BCUT2D eigenvalue weighted by molar-refractivity contribution is -0.112. The molecule has 1 N–H and O–H groups in total. The Kier molecular flexibility index (Phi) is 3.82. The third-order valence-electron chi connectivity index (χ3n) is 4.10. The maximum atomic E-state index is 12.1. The summed E-state index contributed by atoms with van der Waals surface area (Å²) in [5.41, 5.74) is 1.46. The van der Waals surface area contributed by atoms with E-state index < -0.39 is 5.91 Å². The van der Waals surface area contributed by atoms with Crippen molar-refractivity contribution in [1.29, 1.82) is 0 Å². The molecular formula is C19H13N3O6. The van der Waals surface area contributed by atoms with E-state index in [4.69, 9.17) is 23.4 Å². The minimum absolute atomic E-state index is 0.00648. The van der Waals surface area contributed by atoms with E-state index in [1.807, 2.05) is 6.07 Å². The molecule has 0 unspecified atom stereocenters. The van der Waals surface area contributed by atoms with Gasteiger partial charge in [-0.25, -0.2) is 0 Å². The highest BCUT2D eigenvalue weighted by atomic mass is 16.7. The van der Waals surface area contributed by atoms with Crippen LogP contribution in [0.1, 0.15) is 5.56 Å². The van der Waals surface area contributed by atoms with E-state index >= 15 is 0 Å². The number of hydrogen-bond acceptors (Lipinski definition) is 8. The monoisotopic (exact) mass is 379 g/mol. The highest BCUT2D eigenvalue weighted by Gasteiger charge is 2.17. The summed E-state index contributed by atoms with van der Waals surface area (Å²) in [5, 5.41) is 10.3. The van der Waals surface area contributed by atoms with Crippen LogP contribution in [0.2, 0.25) is 0 Å². The molecule has 9 heteroatoms. The van der Waals surface area contributed by atoms with Crippen LogP contribution in [0, 0.1) is 0 Å². The smallest absolute Gasteiger partial charge is 0.322 e. The zero-order chi connectivity index (χ0) is 18.9. The average Bonchev–Trinajstić information content (AvgIpc) is 3.45. The molecule has 0 bridgehead atoms. The van der Waals surface area contributed by atoms with Crippen LogP contribution in [-0.2, 0) is 4.79 Å². The predicted octanol–water partition coefficient (Wildman–Crippen LogP) is 2.85. The summed E-state index contributed by atoms with van der Waals surface area (Å²) >= 11 is 0. The van der Waals surface area contributed by atoms with Crippen LogP contribution < -0.4 is 24.3 Å². The number of carbonyl (C=O) groups is 1. The second-order valence-electron chi connectivity index (χ2n) is 5.92. The van der Waals surface area contributed by atoms with Crippen molar-refractivity contribution in [1.82, 2.24) is 10.2 Å². The van der Waals surface area contributed by atoms with Crippen molar-refractivity contribution >= 4 is 18.0 Å². The lowest BCUT2D eigenvalue weighted by Gasteiger charge is -1.99. The molecule has 140 valence electrons. The maximum absolute atomic E-state index is 12.1. The third kappa shape index (κ3) is 3.09. The van der Waals surface area contributed by atoms with Crippen molar-refractivity contribution in [3.63, 3.8) is 0 Å². The summed E-state index contributed by atoms with van der Waals surface area (Å²) in [7, 11) is 0. The van der Waals surface area contributed by atoms with Gasteiger partial charge in [0.2, 0.25) is 19.5 Å². The fourth-order valence-corrected chi connectivity index (χ4v) is 2.76. The molecule has 0 fully saturated rings. The normalized spacial score (nSPS) is 13.9. The minimum atomic E-state index is -0.404. The molecule has 1 aromatic heterocycles. The zero-order valence-corrected chi connectivity index (χ0v) is 14.4. The van der Waals surface area contributed by atoms with Gasteiger partial charge < -0.3 is 23.4 Å². The molecule has 0 radical (unpaired) electrons. The largest absolute Gasteiger partial charge is 0.454 e. The molecule has 0 saturated heterocycles. The van der Waals surface area contributed by atoms with Crippen LogP contribution in [0.4, 0.5) is 6.01 Å². The molecule has 3 heterocycles. The van der Waals surface area contributed by atoms with E-state index in [1.165, 1.54) is 6.08 Å². The number of amides is 1. The number of aromatic nitrogens is 2. The van der Waals surface area contributed by atoms with Crippen molar-refractivity contribution < 1.29 is 28.2 Å². The molecule has 2 aromatic carbocycles. The lowest BCUT2D eigenvalue weighted by Crippen LogP contribution is -2.07. The van der Waals surface area contributed by atoms with Crippen molar-refractivity contribution in [2.24, 2.45) is 0 Å². The topological polar surface area (TPSA) is 105 Å². The van der Waals surface area contributed by atoms with Crippen LogP contribution in [0.25, 0.3) is 17.5 Å². The first-order chi connectivity index (χ1) is 13.7. The van der Waals surface area contributed by atoms with Gasteiger partial charge in [0.15, 0.2) is 23.0 Å². The Bertz CT molecular complexity index is 1090.